The summed E-state index contributed by atoms with van der Waals surface area (Å²) < 4.78 is 73.7. The van der Waals surface area contributed by atoms with Crippen LogP contribution in [0.4, 0.5) is 33.6 Å². The molecule has 0 radical (unpaired) electrons. The van der Waals surface area contributed by atoms with Crippen molar-refractivity contribution in [1.29, 1.82) is 0 Å². The Hall–Kier alpha value is -3.62. The van der Waals surface area contributed by atoms with Crippen molar-refractivity contribution in [2.45, 2.75) is 51.7 Å². The molecule has 10 nitrogen and oxygen atoms in total. The fraction of sp³-hybridized carbons (Fsp3) is 0.476. The summed E-state index contributed by atoms with van der Waals surface area (Å²) in [6, 6.07) is 1.26. The Morgan fingerprint density at radius 3 is 2.56 bits per heavy atom. The monoisotopic (exact) mass is 514 g/mol. The molecule has 1 aliphatic rings. The molecule has 194 valence electrons. The van der Waals surface area contributed by atoms with Crippen molar-refractivity contribution in [2.24, 2.45) is 0 Å². The minimum atomic E-state index is -4.84. The second-order valence-electron chi connectivity index (χ2n) is 8.48. The molecule has 0 amide bonds. The molecule has 36 heavy (non-hydrogen) atoms. The quantitative estimate of drug-likeness (QED) is 0.441. The average Bonchev–Trinajstić information content (AvgIpc) is 3.19. The smallest absolute Gasteiger partial charge is 0.378 e. The van der Waals surface area contributed by atoms with Crippen LogP contribution in [0.25, 0.3) is 0 Å². The molecule has 4 rings (SSSR count). The van der Waals surface area contributed by atoms with Crippen molar-refractivity contribution in [1.82, 2.24) is 29.9 Å². The maximum absolute atomic E-state index is 13.4. The number of halogens is 5. The summed E-state index contributed by atoms with van der Waals surface area (Å²) in [6.07, 6.45) is -1.71. The van der Waals surface area contributed by atoms with Gasteiger partial charge in [-0.3, -0.25) is 9.48 Å². The van der Waals surface area contributed by atoms with E-state index < -0.39 is 35.0 Å². The highest BCUT2D eigenvalue weighted by Gasteiger charge is 2.37. The summed E-state index contributed by atoms with van der Waals surface area (Å²) in [5, 5.41) is 12.3. The third kappa shape index (κ3) is 5.78. The van der Waals surface area contributed by atoms with E-state index >= 15 is 0 Å². The number of alkyl halides is 5. The molecule has 3 aromatic rings. The topological polar surface area (TPSA) is 114 Å². The molecule has 0 spiro atoms. The molecule has 2 N–H and O–H groups in total. The lowest BCUT2D eigenvalue weighted by Crippen LogP contribution is -2.35. The number of hydrogen-bond donors (Lipinski definition) is 2. The van der Waals surface area contributed by atoms with E-state index in [0.29, 0.717) is 31.3 Å². The second-order valence-corrected chi connectivity index (χ2v) is 8.48. The Morgan fingerprint density at radius 2 is 1.89 bits per heavy atom. The van der Waals surface area contributed by atoms with Crippen LogP contribution in [0.15, 0.2) is 29.5 Å². The molecule has 15 heteroatoms. The van der Waals surface area contributed by atoms with Crippen molar-refractivity contribution in [3.8, 4) is 0 Å². The van der Waals surface area contributed by atoms with Crippen LogP contribution in [-0.2, 0) is 36.5 Å². The van der Waals surface area contributed by atoms with E-state index in [1.165, 1.54) is 0 Å². The van der Waals surface area contributed by atoms with Gasteiger partial charge in [0.1, 0.15) is 5.56 Å². The Balaban J connectivity index is 1.32. The molecule has 0 saturated heterocycles. The van der Waals surface area contributed by atoms with E-state index in [-0.39, 0.29) is 18.8 Å². The molecule has 0 aromatic carbocycles. The van der Waals surface area contributed by atoms with Crippen LogP contribution in [0, 0.1) is 0 Å². The normalized spacial score (nSPS) is 15.0. The minimum Gasteiger partial charge on any atom is -0.378 e. The van der Waals surface area contributed by atoms with Crippen LogP contribution in [0.5, 0.6) is 0 Å². The van der Waals surface area contributed by atoms with Gasteiger partial charge in [-0.1, -0.05) is 0 Å². The molecule has 0 fully saturated rings. The van der Waals surface area contributed by atoms with E-state index in [4.69, 9.17) is 4.74 Å². The Morgan fingerprint density at radius 1 is 1.17 bits per heavy atom. The molecular formula is C21H23F5N8O2. The van der Waals surface area contributed by atoms with E-state index in [1.54, 1.807) is 16.7 Å². The first-order chi connectivity index (χ1) is 16.9. The highest BCUT2D eigenvalue weighted by Crippen LogP contribution is 2.31. The molecule has 3 aromatic heterocycles. The largest absolute Gasteiger partial charge is 0.423 e. The molecule has 1 aliphatic heterocycles. The SMILES string of the molecule is C[C@@H](COCc1cc2n(n1)CCN(c1ncc(C(C)(F)F)cn1)C2)Nc1cn[nH]c(=O)c1C(F)(F)F. The lowest BCUT2D eigenvalue weighted by atomic mass is 10.2. The third-order valence-electron chi connectivity index (χ3n) is 5.44. The molecule has 4 heterocycles. The van der Waals surface area contributed by atoms with Gasteiger partial charge >= 0.3 is 6.18 Å². The number of rotatable bonds is 8. The number of aromatic nitrogens is 6. The van der Waals surface area contributed by atoms with Crippen LogP contribution in [-0.4, -0.2) is 49.1 Å². The Kier molecular flexibility index (Phi) is 6.93. The average molecular weight is 514 g/mol. The number of fused-ring (bicyclic) bond motifs is 1. The van der Waals surface area contributed by atoms with Crippen molar-refractivity contribution >= 4 is 11.6 Å². The highest BCUT2D eigenvalue weighted by molar-refractivity contribution is 5.50. The lowest BCUT2D eigenvalue weighted by molar-refractivity contribution is -0.138. The lowest BCUT2D eigenvalue weighted by Gasteiger charge is -2.27. The van der Waals surface area contributed by atoms with Gasteiger partial charge in [-0.05, 0) is 13.0 Å². The van der Waals surface area contributed by atoms with Gasteiger partial charge in [0.15, 0.2) is 0 Å². The van der Waals surface area contributed by atoms with Crippen LogP contribution in [0.1, 0.15) is 36.4 Å². The summed E-state index contributed by atoms with van der Waals surface area (Å²) in [4.78, 5) is 21.5. The molecular weight excluding hydrogens is 491 g/mol. The van der Waals surface area contributed by atoms with Gasteiger partial charge in [-0.2, -0.15) is 23.4 Å². The maximum Gasteiger partial charge on any atom is 0.423 e. The van der Waals surface area contributed by atoms with Gasteiger partial charge in [0.2, 0.25) is 5.95 Å². The number of H-pyrrole nitrogens is 1. The predicted octanol–water partition coefficient (Wildman–Crippen LogP) is 2.92. The molecule has 0 aliphatic carbocycles. The van der Waals surface area contributed by atoms with E-state index in [2.05, 4.69) is 25.5 Å². The van der Waals surface area contributed by atoms with Gasteiger partial charge in [0.25, 0.3) is 11.5 Å². The fourth-order valence-electron chi connectivity index (χ4n) is 3.71. The number of anilines is 2. The van der Waals surface area contributed by atoms with E-state index in [1.807, 2.05) is 11.0 Å². The van der Waals surface area contributed by atoms with Crippen LogP contribution < -0.4 is 15.8 Å². The van der Waals surface area contributed by atoms with Crippen molar-refractivity contribution in [2.75, 3.05) is 23.4 Å². The molecule has 0 bridgehead atoms. The maximum atomic E-state index is 13.4. The molecule has 0 saturated carbocycles. The summed E-state index contributed by atoms with van der Waals surface area (Å²) in [5.74, 6) is -2.68. The van der Waals surface area contributed by atoms with Crippen LogP contribution >= 0.6 is 0 Å². The Labute approximate surface area is 201 Å². The van der Waals surface area contributed by atoms with E-state index in [9.17, 15) is 26.7 Å². The van der Waals surface area contributed by atoms with Crippen molar-refractivity contribution in [3.05, 3.63) is 57.5 Å². The van der Waals surface area contributed by atoms with E-state index in [0.717, 1.165) is 31.2 Å². The first-order valence-corrected chi connectivity index (χ1v) is 10.9. The highest BCUT2D eigenvalue weighted by atomic mass is 19.4. The van der Waals surface area contributed by atoms with Gasteiger partial charge in [0, 0.05) is 31.9 Å². The summed E-state index contributed by atoms with van der Waals surface area (Å²) in [7, 11) is 0. The van der Waals surface area contributed by atoms with Gasteiger partial charge in [-0.15, -0.1) is 0 Å². The summed E-state index contributed by atoms with van der Waals surface area (Å²) in [5.41, 5.74) is -1.90. The van der Waals surface area contributed by atoms with Crippen LogP contribution in [0.3, 0.4) is 0 Å². The first-order valence-electron chi connectivity index (χ1n) is 10.9. The minimum absolute atomic E-state index is 0.0423. The molecule has 0 unspecified atom stereocenters. The number of ether oxygens (including phenoxy) is 1. The first kappa shape index (κ1) is 25.5. The predicted molar refractivity (Wildman–Crippen MR) is 117 cm³/mol. The number of nitrogens with one attached hydrogen (secondary N) is 2. The standard InChI is InChI=1S/C21H23F5N8O2/c1-12(30-16-8-29-31-18(35)17(16)21(24,25)26)10-36-11-14-5-15-9-33(3-4-34(15)32-14)19-27-6-13(7-28-19)20(2,22)23/h5-8,12H,3-4,9-11H2,1-2H3,(H2,30,31,35)/t12-/m0/s1. The summed E-state index contributed by atoms with van der Waals surface area (Å²) >= 11 is 0. The number of nitrogens with zero attached hydrogens (tertiary/aromatic N) is 6. The van der Waals surface area contributed by atoms with Crippen molar-refractivity contribution in [3.63, 3.8) is 0 Å². The van der Waals surface area contributed by atoms with Gasteiger partial charge in [0.05, 0.1) is 55.1 Å². The number of hydrogen-bond acceptors (Lipinski definition) is 8. The zero-order valence-corrected chi connectivity index (χ0v) is 19.3. The van der Waals surface area contributed by atoms with Gasteiger partial charge in [-0.25, -0.2) is 23.8 Å². The number of aromatic amines is 1. The Bertz CT molecular complexity index is 1250. The zero-order chi connectivity index (χ0) is 26.1. The summed E-state index contributed by atoms with van der Waals surface area (Å²) in [6.45, 7) is 4.02. The van der Waals surface area contributed by atoms with Gasteiger partial charge < -0.3 is 15.0 Å². The molecule has 1 atom stereocenters. The fourth-order valence-corrected chi connectivity index (χ4v) is 3.71. The zero-order valence-electron chi connectivity index (χ0n) is 19.3. The second kappa shape index (κ2) is 9.79. The van der Waals surface area contributed by atoms with Crippen molar-refractivity contribution < 1.29 is 26.7 Å². The third-order valence-corrected chi connectivity index (χ3v) is 5.44. The van der Waals surface area contributed by atoms with Crippen LogP contribution in [0.2, 0.25) is 0 Å².